The number of nitrogens with zero attached hydrogens (tertiary/aromatic N) is 1. The largest absolute Gasteiger partial charge is 0.278 e. The molecule has 0 bridgehead atoms. The van der Waals surface area contributed by atoms with Crippen LogP contribution in [0.1, 0.15) is 11.1 Å². The predicted octanol–water partition coefficient (Wildman–Crippen LogP) is 4.08. The molecule has 7 heteroatoms. The number of anilines is 1. The maximum Gasteiger partial charge on any atom is 0.263 e. The van der Waals surface area contributed by atoms with E-state index in [1.54, 1.807) is 12.1 Å². The van der Waals surface area contributed by atoms with Gasteiger partial charge in [-0.15, -0.1) is 0 Å². The van der Waals surface area contributed by atoms with Crippen LogP contribution in [0, 0.1) is 18.3 Å². The minimum absolute atomic E-state index is 0.0604. The van der Waals surface area contributed by atoms with Crippen molar-refractivity contribution in [1.82, 2.24) is 0 Å². The molecule has 2 aromatic carbocycles. The first-order valence-corrected chi connectivity index (χ1v) is 8.47. The lowest BCUT2D eigenvalue weighted by Gasteiger charge is -2.12. The van der Waals surface area contributed by atoms with E-state index in [1.165, 1.54) is 18.2 Å². The summed E-state index contributed by atoms with van der Waals surface area (Å²) in [6.07, 6.45) is 0. The van der Waals surface area contributed by atoms with Crippen molar-refractivity contribution in [3.63, 3.8) is 0 Å². The third-order valence-corrected chi connectivity index (χ3v) is 5.25. The fourth-order valence-corrected chi connectivity index (χ4v) is 3.77. The van der Waals surface area contributed by atoms with Crippen LogP contribution in [0.15, 0.2) is 45.8 Å². The summed E-state index contributed by atoms with van der Waals surface area (Å²) in [6.45, 7) is 1.85. The average molecular weight is 386 g/mol. The highest BCUT2D eigenvalue weighted by Crippen LogP contribution is 2.29. The van der Waals surface area contributed by atoms with E-state index in [2.05, 4.69) is 20.7 Å². The summed E-state index contributed by atoms with van der Waals surface area (Å²) in [4.78, 5) is -0.128. The highest BCUT2D eigenvalue weighted by atomic mass is 79.9. The van der Waals surface area contributed by atoms with Gasteiger partial charge in [0.2, 0.25) is 0 Å². The molecule has 0 aliphatic carbocycles. The van der Waals surface area contributed by atoms with Crippen LogP contribution in [0.5, 0.6) is 0 Å². The molecule has 0 atom stereocenters. The fourth-order valence-electron chi connectivity index (χ4n) is 1.70. The SMILES string of the molecule is Cc1ccc(Br)c(NS(=O)(=O)c2cc(C#N)ccc2Cl)c1. The number of nitriles is 1. The van der Waals surface area contributed by atoms with Crippen LogP contribution in [-0.4, -0.2) is 8.42 Å². The molecular formula is C14H10BrClN2O2S. The Bertz CT molecular complexity index is 845. The van der Waals surface area contributed by atoms with Gasteiger partial charge in [0.05, 0.1) is 22.3 Å². The van der Waals surface area contributed by atoms with Gasteiger partial charge in [0.1, 0.15) is 4.90 Å². The van der Waals surface area contributed by atoms with Crippen molar-refractivity contribution in [2.75, 3.05) is 4.72 Å². The highest BCUT2D eigenvalue weighted by molar-refractivity contribution is 9.10. The van der Waals surface area contributed by atoms with E-state index in [4.69, 9.17) is 16.9 Å². The van der Waals surface area contributed by atoms with Crippen LogP contribution in [0.3, 0.4) is 0 Å². The second-order valence-corrected chi connectivity index (χ2v) is 7.26. The summed E-state index contributed by atoms with van der Waals surface area (Å²) in [5.41, 5.74) is 1.55. The van der Waals surface area contributed by atoms with Crippen molar-refractivity contribution < 1.29 is 8.42 Å². The van der Waals surface area contributed by atoms with Crippen LogP contribution in [0.25, 0.3) is 0 Å². The lowest BCUT2D eigenvalue weighted by molar-refractivity contribution is 0.601. The van der Waals surface area contributed by atoms with Crippen molar-refractivity contribution >= 4 is 43.2 Å². The lowest BCUT2D eigenvalue weighted by Crippen LogP contribution is -2.14. The third-order valence-electron chi connectivity index (χ3n) is 2.72. The van der Waals surface area contributed by atoms with E-state index in [-0.39, 0.29) is 15.5 Å². The van der Waals surface area contributed by atoms with Crippen LogP contribution in [0.4, 0.5) is 5.69 Å². The number of hydrogen-bond acceptors (Lipinski definition) is 3. The Labute approximate surface area is 136 Å². The Hall–Kier alpha value is -1.55. The van der Waals surface area contributed by atoms with Gasteiger partial charge in [-0.05, 0) is 58.7 Å². The van der Waals surface area contributed by atoms with Crippen LogP contribution < -0.4 is 4.72 Å². The predicted molar refractivity (Wildman–Crippen MR) is 85.9 cm³/mol. The van der Waals surface area contributed by atoms with Gasteiger partial charge < -0.3 is 0 Å². The molecule has 108 valence electrons. The van der Waals surface area contributed by atoms with Crippen molar-refractivity contribution in [1.29, 1.82) is 5.26 Å². The van der Waals surface area contributed by atoms with Crippen LogP contribution in [-0.2, 0) is 10.0 Å². The van der Waals surface area contributed by atoms with Gasteiger partial charge in [0.25, 0.3) is 10.0 Å². The molecular weight excluding hydrogens is 376 g/mol. The number of nitrogens with one attached hydrogen (secondary N) is 1. The summed E-state index contributed by atoms with van der Waals surface area (Å²) >= 11 is 9.22. The molecule has 0 heterocycles. The van der Waals surface area contributed by atoms with E-state index < -0.39 is 10.0 Å². The molecule has 0 radical (unpaired) electrons. The normalized spacial score (nSPS) is 11.0. The van der Waals surface area contributed by atoms with Crippen molar-refractivity contribution in [3.05, 3.63) is 57.0 Å². The topological polar surface area (TPSA) is 70.0 Å². The van der Waals surface area contributed by atoms with Crippen LogP contribution in [0.2, 0.25) is 5.02 Å². The van der Waals surface area contributed by atoms with E-state index in [0.29, 0.717) is 10.2 Å². The monoisotopic (exact) mass is 384 g/mol. The molecule has 0 saturated carbocycles. The summed E-state index contributed by atoms with van der Waals surface area (Å²) in [6, 6.07) is 11.3. The quantitative estimate of drug-likeness (QED) is 0.865. The maximum atomic E-state index is 12.4. The first kappa shape index (κ1) is 15.8. The van der Waals surface area contributed by atoms with Gasteiger partial charge in [-0.2, -0.15) is 5.26 Å². The zero-order valence-corrected chi connectivity index (χ0v) is 14.1. The molecule has 0 aromatic heterocycles. The van der Waals surface area contributed by atoms with Crippen molar-refractivity contribution in [3.8, 4) is 6.07 Å². The Morgan fingerprint density at radius 3 is 2.62 bits per heavy atom. The number of sulfonamides is 1. The van der Waals surface area contributed by atoms with Gasteiger partial charge in [-0.25, -0.2) is 8.42 Å². The molecule has 2 rings (SSSR count). The van der Waals surface area contributed by atoms with E-state index >= 15 is 0 Å². The Kier molecular flexibility index (Phi) is 4.57. The standard InChI is InChI=1S/C14H10BrClN2O2S/c1-9-2-4-11(15)13(6-9)18-21(19,20)14-7-10(8-17)3-5-12(14)16/h2-7,18H,1H3. The van der Waals surface area contributed by atoms with Gasteiger partial charge in [-0.1, -0.05) is 17.7 Å². The molecule has 1 N–H and O–H groups in total. The minimum Gasteiger partial charge on any atom is -0.278 e. The summed E-state index contributed by atoms with van der Waals surface area (Å²) in [5, 5.41) is 8.93. The van der Waals surface area contributed by atoms with Crippen molar-refractivity contribution in [2.24, 2.45) is 0 Å². The highest BCUT2D eigenvalue weighted by Gasteiger charge is 2.20. The molecule has 0 fully saturated rings. The average Bonchev–Trinajstić information content (AvgIpc) is 2.43. The van der Waals surface area contributed by atoms with Gasteiger partial charge in [0.15, 0.2) is 0 Å². The first-order chi connectivity index (χ1) is 9.83. The smallest absolute Gasteiger partial charge is 0.263 e. The zero-order valence-electron chi connectivity index (χ0n) is 10.9. The molecule has 4 nitrogen and oxygen atoms in total. The number of hydrogen-bond donors (Lipinski definition) is 1. The van der Waals surface area contributed by atoms with E-state index in [9.17, 15) is 8.42 Å². The van der Waals surface area contributed by atoms with Gasteiger partial charge in [-0.3, -0.25) is 4.72 Å². The number of aryl methyl sites for hydroxylation is 1. The molecule has 0 saturated heterocycles. The molecule has 0 amide bonds. The second kappa shape index (κ2) is 6.06. The minimum atomic E-state index is -3.88. The maximum absolute atomic E-state index is 12.4. The molecule has 2 aromatic rings. The Morgan fingerprint density at radius 1 is 1.24 bits per heavy atom. The van der Waals surface area contributed by atoms with E-state index in [1.807, 2.05) is 19.1 Å². The van der Waals surface area contributed by atoms with Crippen LogP contribution >= 0.6 is 27.5 Å². The second-order valence-electron chi connectivity index (χ2n) is 4.35. The molecule has 0 aliphatic rings. The fraction of sp³-hybridized carbons (Fsp3) is 0.0714. The molecule has 0 unspecified atom stereocenters. The summed E-state index contributed by atoms with van der Waals surface area (Å²) < 4.78 is 27.9. The summed E-state index contributed by atoms with van der Waals surface area (Å²) in [7, 11) is -3.88. The third kappa shape index (κ3) is 3.56. The van der Waals surface area contributed by atoms with E-state index in [0.717, 1.165) is 5.56 Å². The number of benzene rings is 2. The number of rotatable bonds is 3. The van der Waals surface area contributed by atoms with Crippen molar-refractivity contribution in [2.45, 2.75) is 11.8 Å². The molecule has 0 aliphatic heterocycles. The lowest BCUT2D eigenvalue weighted by atomic mass is 10.2. The molecule has 21 heavy (non-hydrogen) atoms. The van der Waals surface area contributed by atoms with Gasteiger partial charge in [0, 0.05) is 4.47 Å². The Morgan fingerprint density at radius 2 is 1.95 bits per heavy atom. The summed E-state index contributed by atoms with van der Waals surface area (Å²) in [5.74, 6) is 0. The molecule has 0 spiro atoms. The van der Waals surface area contributed by atoms with Gasteiger partial charge >= 0.3 is 0 Å². The number of halogens is 2. The Balaban J connectivity index is 2.48. The zero-order chi connectivity index (χ0) is 15.6. The first-order valence-electron chi connectivity index (χ1n) is 5.82.